The molecule has 1 amide bonds. The summed E-state index contributed by atoms with van der Waals surface area (Å²) in [6.07, 6.45) is 1.97. The van der Waals surface area contributed by atoms with Gasteiger partial charge in [0.2, 0.25) is 5.91 Å². The van der Waals surface area contributed by atoms with Crippen LogP contribution in [-0.4, -0.2) is 46.2 Å². The van der Waals surface area contributed by atoms with Gasteiger partial charge in [-0.2, -0.15) is 0 Å². The standard InChI is InChI=1S/C22H24N4O2/c1-15(27)16-6-8-18(9-7-16)23-21(28)14-26-12-10-17(11-13-26)22-24-19-4-2-3-5-20(19)25-22/h2-9,17H,10-14H2,1H3,(H,23,28)(H,24,25). The number of benzene rings is 2. The highest BCUT2D eigenvalue weighted by atomic mass is 16.2. The first kappa shape index (κ1) is 18.4. The van der Waals surface area contributed by atoms with Crippen molar-refractivity contribution in [2.24, 2.45) is 0 Å². The number of nitrogens with zero attached hydrogens (tertiary/aromatic N) is 2. The Hall–Kier alpha value is -2.99. The average Bonchev–Trinajstić information content (AvgIpc) is 3.13. The SMILES string of the molecule is CC(=O)c1ccc(NC(=O)CN2CCC(c3nc4ccccc4[nH]3)CC2)cc1. The number of fused-ring (bicyclic) bond motifs is 1. The number of para-hydroxylation sites is 2. The van der Waals surface area contributed by atoms with Crippen molar-refractivity contribution in [3.05, 3.63) is 59.9 Å². The van der Waals surface area contributed by atoms with Crippen molar-refractivity contribution < 1.29 is 9.59 Å². The zero-order chi connectivity index (χ0) is 19.5. The largest absolute Gasteiger partial charge is 0.342 e. The van der Waals surface area contributed by atoms with Gasteiger partial charge >= 0.3 is 0 Å². The molecule has 2 N–H and O–H groups in total. The molecule has 1 aliphatic rings. The minimum atomic E-state index is -0.0298. The smallest absolute Gasteiger partial charge is 0.238 e. The highest BCUT2D eigenvalue weighted by Gasteiger charge is 2.24. The number of imidazole rings is 1. The second kappa shape index (κ2) is 7.94. The number of amides is 1. The lowest BCUT2D eigenvalue weighted by Crippen LogP contribution is -2.38. The molecule has 0 aliphatic carbocycles. The molecule has 2 heterocycles. The van der Waals surface area contributed by atoms with Gasteiger partial charge in [-0.25, -0.2) is 4.98 Å². The second-order valence-electron chi connectivity index (χ2n) is 7.37. The Labute approximate surface area is 164 Å². The summed E-state index contributed by atoms with van der Waals surface area (Å²) in [5.41, 5.74) is 3.45. The Morgan fingerprint density at radius 3 is 2.50 bits per heavy atom. The Bertz CT molecular complexity index is 952. The molecular formula is C22H24N4O2. The van der Waals surface area contributed by atoms with Gasteiger partial charge in [0, 0.05) is 17.2 Å². The number of piperidine rings is 1. The van der Waals surface area contributed by atoms with Crippen LogP contribution in [0.3, 0.4) is 0 Å². The molecule has 6 nitrogen and oxygen atoms in total. The minimum absolute atomic E-state index is 0.0187. The Morgan fingerprint density at radius 1 is 1.11 bits per heavy atom. The van der Waals surface area contributed by atoms with Crippen LogP contribution >= 0.6 is 0 Å². The number of aromatic amines is 1. The van der Waals surface area contributed by atoms with E-state index in [1.165, 1.54) is 6.92 Å². The van der Waals surface area contributed by atoms with Crippen molar-refractivity contribution in [3.8, 4) is 0 Å². The number of likely N-dealkylation sites (tertiary alicyclic amines) is 1. The Morgan fingerprint density at radius 2 is 1.82 bits per heavy atom. The maximum Gasteiger partial charge on any atom is 0.238 e. The molecule has 144 valence electrons. The number of aromatic nitrogens is 2. The normalized spacial score (nSPS) is 15.6. The maximum atomic E-state index is 12.3. The van der Waals surface area contributed by atoms with E-state index in [-0.39, 0.29) is 11.7 Å². The molecule has 1 aliphatic heterocycles. The number of ketones is 1. The fourth-order valence-electron chi connectivity index (χ4n) is 3.72. The van der Waals surface area contributed by atoms with Crippen molar-refractivity contribution in [3.63, 3.8) is 0 Å². The lowest BCUT2D eigenvalue weighted by molar-refractivity contribution is -0.117. The molecule has 0 spiro atoms. The fraction of sp³-hybridized carbons (Fsp3) is 0.318. The molecule has 4 rings (SSSR count). The Kier molecular flexibility index (Phi) is 5.21. The molecular weight excluding hydrogens is 352 g/mol. The van der Waals surface area contributed by atoms with Crippen LogP contribution in [0.2, 0.25) is 0 Å². The summed E-state index contributed by atoms with van der Waals surface area (Å²) in [6, 6.07) is 15.1. The average molecular weight is 376 g/mol. The van der Waals surface area contributed by atoms with Crippen LogP contribution in [0, 0.1) is 0 Å². The minimum Gasteiger partial charge on any atom is -0.342 e. The van der Waals surface area contributed by atoms with Crippen molar-refractivity contribution in [2.45, 2.75) is 25.7 Å². The summed E-state index contributed by atoms with van der Waals surface area (Å²) >= 11 is 0. The van der Waals surface area contributed by atoms with Crippen LogP contribution in [0.5, 0.6) is 0 Å². The number of carbonyl (C=O) groups is 2. The predicted molar refractivity (Wildman–Crippen MR) is 110 cm³/mol. The van der Waals surface area contributed by atoms with E-state index < -0.39 is 0 Å². The first-order chi connectivity index (χ1) is 13.6. The van der Waals surface area contributed by atoms with Crippen LogP contribution in [0.25, 0.3) is 11.0 Å². The number of hydrogen-bond donors (Lipinski definition) is 2. The quantitative estimate of drug-likeness (QED) is 0.667. The van der Waals surface area contributed by atoms with Crippen molar-refractivity contribution in [1.82, 2.24) is 14.9 Å². The van der Waals surface area contributed by atoms with Gasteiger partial charge in [-0.1, -0.05) is 12.1 Å². The van der Waals surface area contributed by atoms with Gasteiger partial charge in [0.1, 0.15) is 5.82 Å². The van der Waals surface area contributed by atoms with Gasteiger partial charge in [0.15, 0.2) is 5.78 Å². The zero-order valence-corrected chi connectivity index (χ0v) is 15.9. The fourth-order valence-corrected chi connectivity index (χ4v) is 3.72. The first-order valence-corrected chi connectivity index (χ1v) is 9.66. The number of hydrogen-bond acceptors (Lipinski definition) is 4. The predicted octanol–water partition coefficient (Wildman–Crippen LogP) is 3.58. The van der Waals surface area contributed by atoms with Gasteiger partial charge in [0.05, 0.1) is 17.6 Å². The van der Waals surface area contributed by atoms with Crippen LogP contribution in [-0.2, 0) is 4.79 Å². The van der Waals surface area contributed by atoms with E-state index in [1.54, 1.807) is 24.3 Å². The van der Waals surface area contributed by atoms with E-state index in [0.29, 0.717) is 23.7 Å². The molecule has 0 radical (unpaired) electrons. The monoisotopic (exact) mass is 376 g/mol. The number of rotatable bonds is 5. The molecule has 0 atom stereocenters. The molecule has 1 fully saturated rings. The molecule has 2 aromatic carbocycles. The van der Waals surface area contributed by atoms with E-state index >= 15 is 0 Å². The van der Waals surface area contributed by atoms with E-state index in [1.807, 2.05) is 24.3 Å². The number of Topliss-reactive ketones (excluding diaryl/α,β-unsaturated/α-hetero) is 1. The van der Waals surface area contributed by atoms with E-state index in [2.05, 4.69) is 15.2 Å². The lowest BCUT2D eigenvalue weighted by Gasteiger charge is -2.30. The molecule has 1 aromatic heterocycles. The second-order valence-corrected chi connectivity index (χ2v) is 7.37. The topological polar surface area (TPSA) is 78.1 Å². The van der Waals surface area contributed by atoms with Crippen LogP contribution in [0.4, 0.5) is 5.69 Å². The molecule has 1 saturated heterocycles. The molecule has 3 aromatic rings. The van der Waals surface area contributed by atoms with Gasteiger partial charge in [0.25, 0.3) is 0 Å². The van der Waals surface area contributed by atoms with Gasteiger partial charge in [-0.05, 0) is 69.3 Å². The number of carbonyl (C=O) groups excluding carboxylic acids is 2. The van der Waals surface area contributed by atoms with Crippen molar-refractivity contribution >= 4 is 28.4 Å². The maximum absolute atomic E-state index is 12.3. The third-order valence-electron chi connectivity index (χ3n) is 5.32. The van der Waals surface area contributed by atoms with Gasteiger partial charge in [-0.15, -0.1) is 0 Å². The number of H-pyrrole nitrogens is 1. The molecule has 0 unspecified atom stereocenters. The van der Waals surface area contributed by atoms with Gasteiger partial charge < -0.3 is 10.3 Å². The van der Waals surface area contributed by atoms with Crippen molar-refractivity contribution in [2.75, 3.05) is 25.0 Å². The third-order valence-corrected chi connectivity index (χ3v) is 5.32. The molecule has 28 heavy (non-hydrogen) atoms. The van der Waals surface area contributed by atoms with E-state index in [0.717, 1.165) is 42.8 Å². The summed E-state index contributed by atoms with van der Waals surface area (Å²) in [5.74, 6) is 1.45. The van der Waals surface area contributed by atoms with E-state index in [4.69, 9.17) is 4.98 Å². The number of anilines is 1. The summed E-state index contributed by atoms with van der Waals surface area (Å²) in [6.45, 7) is 3.65. The van der Waals surface area contributed by atoms with Crippen LogP contribution < -0.4 is 5.32 Å². The van der Waals surface area contributed by atoms with E-state index in [9.17, 15) is 9.59 Å². The Balaban J connectivity index is 1.29. The van der Waals surface area contributed by atoms with Crippen molar-refractivity contribution in [1.29, 1.82) is 0 Å². The summed E-state index contributed by atoms with van der Waals surface area (Å²) in [4.78, 5) is 34.0. The van der Waals surface area contributed by atoms with Crippen LogP contribution in [0.15, 0.2) is 48.5 Å². The van der Waals surface area contributed by atoms with Gasteiger partial charge in [-0.3, -0.25) is 14.5 Å². The summed E-state index contributed by atoms with van der Waals surface area (Å²) in [5, 5.41) is 2.91. The molecule has 0 saturated carbocycles. The lowest BCUT2D eigenvalue weighted by atomic mass is 9.96. The molecule has 6 heteroatoms. The highest BCUT2D eigenvalue weighted by molar-refractivity contribution is 5.96. The third kappa shape index (κ3) is 4.12. The number of nitrogens with one attached hydrogen (secondary N) is 2. The summed E-state index contributed by atoms with van der Waals surface area (Å²) in [7, 11) is 0. The highest BCUT2D eigenvalue weighted by Crippen LogP contribution is 2.27. The molecule has 0 bridgehead atoms. The summed E-state index contributed by atoms with van der Waals surface area (Å²) < 4.78 is 0. The van der Waals surface area contributed by atoms with Crippen LogP contribution in [0.1, 0.15) is 41.9 Å². The zero-order valence-electron chi connectivity index (χ0n) is 15.9. The first-order valence-electron chi connectivity index (χ1n) is 9.66.